The average molecular weight is 319 g/mol. The minimum absolute atomic E-state index is 0.0317. The number of halogens is 2. The van der Waals surface area contributed by atoms with Gasteiger partial charge in [0.25, 0.3) is 0 Å². The molecule has 22 heavy (non-hydrogen) atoms. The molecule has 0 amide bonds. The second-order valence-corrected chi connectivity index (χ2v) is 4.92. The lowest BCUT2D eigenvalue weighted by Gasteiger charge is -2.11. The zero-order valence-corrected chi connectivity index (χ0v) is 12.6. The molecule has 0 aliphatic rings. The average Bonchev–Trinajstić information content (AvgIpc) is 2.46. The minimum atomic E-state index is -0.546. The van der Waals surface area contributed by atoms with E-state index in [2.05, 4.69) is 15.0 Å². The number of nitrogens with two attached hydrogens (primary N) is 1. The van der Waals surface area contributed by atoms with Crippen LogP contribution in [0.25, 0.3) is 11.6 Å². The van der Waals surface area contributed by atoms with E-state index in [1.165, 1.54) is 24.3 Å². The van der Waals surface area contributed by atoms with Crippen LogP contribution in [0.15, 0.2) is 18.2 Å². The van der Waals surface area contributed by atoms with Crippen molar-refractivity contribution in [3.63, 3.8) is 0 Å². The monoisotopic (exact) mass is 318 g/mol. The molecule has 0 unspecified atom stereocenters. The van der Waals surface area contributed by atoms with Gasteiger partial charge in [-0.25, -0.2) is 4.39 Å². The molecule has 6 nitrogen and oxygen atoms in total. The molecule has 8 heteroatoms. The number of hydrogen-bond acceptors (Lipinski definition) is 6. The first-order valence-electron chi connectivity index (χ1n) is 6.17. The van der Waals surface area contributed by atoms with Crippen molar-refractivity contribution in [2.24, 2.45) is 0 Å². The van der Waals surface area contributed by atoms with Crippen LogP contribution >= 0.6 is 11.6 Å². The van der Waals surface area contributed by atoms with Crippen LogP contribution < -0.4 is 10.6 Å². The van der Waals surface area contributed by atoms with E-state index >= 15 is 0 Å². The summed E-state index contributed by atoms with van der Waals surface area (Å²) >= 11 is 5.95. The summed E-state index contributed by atoms with van der Waals surface area (Å²) in [4.78, 5) is 13.6. The lowest BCUT2D eigenvalue weighted by Crippen LogP contribution is -2.15. The van der Waals surface area contributed by atoms with E-state index in [0.717, 1.165) is 0 Å². The van der Waals surface area contributed by atoms with Crippen LogP contribution in [-0.4, -0.2) is 29.0 Å². The maximum atomic E-state index is 13.8. The molecule has 0 radical (unpaired) electrons. The minimum Gasteiger partial charge on any atom is -0.368 e. The molecule has 1 aromatic carbocycles. The molecule has 0 saturated heterocycles. The molecular weight excluding hydrogens is 307 g/mol. The number of nitrogen functional groups attached to an aromatic ring is 1. The van der Waals surface area contributed by atoms with Gasteiger partial charge >= 0.3 is 0 Å². The Bertz CT molecular complexity index is 761. The van der Waals surface area contributed by atoms with Crippen LogP contribution in [-0.2, 0) is 0 Å². The molecule has 2 aromatic rings. The van der Waals surface area contributed by atoms with Gasteiger partial charge in [0.2, 0.25) is 11.9 Å². The molecule has 0 aliphatic heterocycles. The van der Waals surface area contributed by atoms with Gasteiger partial charge in [0.1, 0.15) is 11.9 Å². The van der Waals surface area contributed by atoms with E-state index in [9.17, 15) is 9.65 Å². The zero-order valence-electron chi connectivity index (χ0n) is 11.9. The molecule has 2 rings (SSSR count). The molecule has 0 bridgehead atoms. The highest BCUT2D eigenvalue weighted by Crippen LogP contribution is 2.24. The van der Waals surface area contributed by atoms with Gasteiger partial charge in [-0.15, -0.1) is 0 Å². The molecule has 0 saturated carbocycles. The van der Waals surface area contributed by atoms with E-state index in [1.807, 2.05) is 6.07 Å². The van der Waals surface area contributed by atoms with Crippen molar-refractivity contribution in [3.8, 4) is 6.07 Å². The summed E-state index contributed by atoms with van der Waals surface area (Å²) in [6.45, 7) is 0. The zero-order chi connectivity index (χ0) is 16.3. The first-order valence-corrected chi connectivity index (χ1v) is 6.55. The Labute approximate surface area is 131 Å². The van der Waals surface area contributed by atoms with Crippen molar-refractivity contribution in [2.75, 3.05) is 24.7 Å². The van der Waals surface area contributed by atoms with Crippen LogP contribution in [0, 0.1) is 17.1 Å². The van der Waals surface area contributed by atoms with Gasteiger partial charge in [-0.3, -0.25) is 0 Å². The van der Waals surface area contributed by atoms with E-state index < -0.39 is 5.82 Å². The van der Waals surface area contributed by atoms with Gasteiger partial charge in [0.15, 0.2) is 5.82 Å². The third kappa shape index (κ3) is 3.30. The number of hydrogen-bond donors (Lipinski definition) is 1. The lowest BCUT2D eigenvalue weighted by atomic mass is 10.1. The summed E-state index contributed by atoms with van der Waals surface area (Å²) in [6.07, 6.45) is 1.28. The van der Waals surface area contributed by atoms with Crippen LogP contribution in [0.1, 0.15) is 11.4 Å². The number of nitriles is 1. The van der Waals surface area contributed by atoms with E-state index in [4.69, 9.17) is 17.3 Å². The summed E-state index contributed by atoms with van der Waals surface area (Å²) in [7, 11) is 3.45. The quantitative estimate of drug-likeness (QED) is 0.873. The number of anilines is 2. The molecule has 0 fully saturated rings. The van der Waals surface area contributed by atoms with Crippen LogP contribution in [0.5, 0.6) is 0 Å². The third-order valence-electron chi connectivity index (χ3n) is 2.69. The topological polar surface area (TPSA) is 91.7 Å². The summed E-state index contributed by atoms with van der Waals surface area (Å²) in [5.41, 5.74) is 5.74. The SMILES string of the molecule is CN(C)c1nc(N)nc(/C(C#N)=C/c2c(F)cccc2Cl)n1. The number of rotatable bonds is 3. The largest absolute Gasteiger partial charge is 0.368 e. The van der Waals surface area contributed by atoms with E-state index in [-0.39, 0.29) is 27.9 Å². The van der Waals surface area contributed by atoms with Crippen LogP contribution in [0.3, 0.4) is 0 Å². The van der Waals surface area contributed by atoms with Crippen molar-refractivity contribution in [1.82, 2.24) is 15.0 Å². The fourth-order valence-corrected chi connectivity index (χ4v) is 1.86. The fourth-order valence-electron chi connectivity index (χ4n) is 1.64. The lowest BCUT2D eigenvalue weighted by molar-refractivity contribution is 0.625. The molecular formula is C14H12ClFN6. The Morgan fingerprint density at radius 1 is 1.36 bits per heavy atom. The fraction of sp³-hybridized carbons (Fsp3) is 0.143. The van der Waals surface area contributed by atoms with Gasteiger partial charge in [0, 0.05) is 19.7 Å². The second kappa shape index (κ2) is 6.37. The van der Waals surface area contributed by atoms with Gasteiger partial charge in [-0.2, -0.15) is 20.2 Å². The highest BCUT2D eigenvalue weighted by Gasteiger charge is 2.13. The number of benzene rings is 1. The van der Waals surface area contributed by atoms with Crippen LogP contribution in [0.4, 0.5) is 16.3 Å². The summed E-state index contributed by atoms with van der Waals surface area (Å²) in [5.74, 6) is -0.231. The second-order valence-electron chi connectivity index (χ2n) is 4.52. The predicted octanol–water partition coefficient (Wildman–Crippen LogP) is 2.38. The van der Waals surface area contributed by atoms with Crippen molar-refractivity contribution >= 4 is 35.1 Å². The highest BCUT2D eigenvalue weighted by molar-refractivity contribution is 6.32. The Hall–Kier alpha value is -2.72. The first kappa shape index (κ1) is 15.7. The number of allylic oxidation sites excluding steroid dienone is 1. The van der Waals surface area contributed by atoms with Crippen molar-refractivity contribution in [1.29, 1.82) is 5.26 Å². The maximum Gasteiger partial charge on any atom is 0.230 e. The van der Waals surface area contributed by atoms with E-state index in [1.54, 1.807) is 19.0 Å². The van der Waals surface area contributed by atoms with Gasteiger partial charge in [-0.05, 0) is 18.2 Å². The maximum absolute atomic E-state index is 13.8. The summed E-state index contributed by atoms with van der Waals surface area (Å²) in [5, 5.41) is 9.49. The first-order chi connectivity index (χ1) is 10.4. The predicted molar refractivity (Wildman–Crippen MR) is 83.5 cm³/mol. The molecule has 1 aromatic heterocycles. The van der Waals surface area contributed by atoms with Crippen LogP contribution in [0.2, 0.25) is 5.02 Å². The third-order valence-corrected chi connectivity index (χ3v) is 3.02. The van der Waals surface area contributed by atoms with Crippen molar-refractivity contribution < 1.29 is 4.39 Å². The molecule has 112 valence electrons. The molecule has 0 spiro atoms. The normalized spacial score (nSPS) is 11.1. The Balaban J connectivity index is 2.58. The van der Waals surface area contributed by atoms with Gasteiger partial charge in [0.05, 0.1) is 10.6 Å². The van der Waals surface area contributed by atoms with Gasteiger partial charge < -0.3 is 10.6 Å². The molecule has 0 aliphatic carbocycles. The van der Waals surface area contributed by atoms with Crippen molar-refractivity contribution in [2.45, 2.75) is 0 Å². The molecule has 2 N–H and O–H groups in total. The Kier molecular flexibility index (Phi) is 4.53. The molecule has 1 heterocycles. The summed E-state index contributed by atoms with van der Waals surface area (Å²) in [6, 6.07) is 6.18. The Morgan fingerprint density at radius 2 is 2.09 bits per heavy atom. The van der Waals surface area contributed by atoms with Crippen molar-refractivity contribution in [3.05, 3.63) is 40.4 Å². The molecule has 0 atom stereocenters. The smallest absolute Gasteiger partial charge is 0.230 e. The highest BCUT2D eigenvalue weighted by atomic mass is 35.5. The standard InChI is InChI=1S/C14H12ClFN6/c1-22(2)14-20-12(19-13(18)21-14)8(7-17)6-9-10(15)4-3-5-11(9)16/h3-6H,1-2H3,(H2,18,19,20,21)/b8-6+. The summed E-state index contributed by atoms with van der Waals surface area (Å²) < 4.78 is 13.8. The van der Waals surface area contributed by atoms with E-state index in [0.29, 0.717) is 5.95 Å². The van der Waals surface area contributed by atoms with Gasteiger partial charge in [-0.1, -0.05) is 17.7 Å². The number of nitrogens with zero attached hydrogens (tertiary/aromatic N) is 5. The number of aromatic nitrogens is 3. The Morgan fingerprint density at radius 3 is 2.68 bits per heavy atom.